The van der Waals surface area contributed by atoms with Gasteiger partial charge in [-0.1, -0.05) is 5.59 Å². The van der Waals surface area contributed by atoms with Crippen LogP contribution in [0.15, 0.2) is 0 Å². The molecule has 0 fully saturated rings. The largest absolute Gasteiger partial charge is 0.677 e. The minimum Gasteiger partial charge on any atom is -0.296 e. The highest BCUT2D eigenvalue weighted by Crippen LogP contribution is 1.73. The molecule has 0 spiro atoms. The molecular weight excluding hydrogens is 118 g/mol. The molecule has 0 aromatic heterocycles. The van der Waals surface area contributed by atoms with Gasteiger partial charge >= 0.3 is 6.09 Å². The molecule has 7 nitrogen and oxygen atoms in total. The molecule has 0 unspecified atom stereocenters. The number of carbonyl (C=O) groups is 1. The minimum absolute atomic E-state index is 1.25. The van der Waals surface area contributed by atoms with Gasteiger partial charge in [0.15, 0.2) is 0 Å². The van der Waals surface area contributed by atoms with Crippen molar-refractivity contribution < 1.29 is 14.6 Å². The molecule has 0 aliphatic rings. The summed E-state index contributed by atoms with van der Waals surface area (Å²) in [6.07, 6.45) is -1.63. The number of nitrogens with one attached hydrogen (secondary N) is 1. The number of nitrogens with zero attached hydrogens (tertiary/aromatic N) is 1. The average Bonchev–Trinajstić information content (AvgIpc) is 1.67. The van der Waals surface area contributed by atoms with Crippen molar-refractivity contribution in [2.45, 2.75) is 0 Å². The molecule has 3 N–H and O–H groups in total. The third-order valence-electron chi connectivity index (χ3n) is 0.295. The van der Waals surface area contributed by atoms with Crippen LogP contribution in [-0.4, -0.2) is 11.0 Å². The first-order chi connectivity index (χ1) is 3.68. The zero-order valence-electron chi connectivity index (χ0n) is 3.66. The van der Waals surface area contributed by atoms with E-state index in [4.69, 9.17) is 0 Å². The Morgan fingerprint density at radius 1 is 1.88 bits per heavy atom. The van der Waals surface area contributed by atoms with Crippen LogP contribution in [0.2, 0.25) is 0 Å². The van der Waals surface area contributed by atoms with E-state index in [-0.39, 0.29) is 0 Å². The molecule has 7 heteroatoms. The molecule has 0 bridgehead atoms. The van der Waals surface area contributed by atoms with Gasteiger partial charge in [0.2, 0.25) is 0 Å². The predicted molar refractivity (Wildman–Crippen MR) is 20.8 cm³/mol. The van der Waals surface area contributed by atoms with Gasteiger partial charge in [-0.25, -0.2) is 5.84 Å². The molecule has 0 rings (SSSR count). The quantitative estimate of drug-likeness (QED) is 0.255. The summed E-state index contributed by atoms with van der Waals surface area (Å²) in [6, 6.07) is 0. The first-order valence-corrected chi connectivity index (χ1v) is 1.49. The molecular formula is CH3N3O4. The van der Waals surface area contributed by atoms with Crippen LogP contribution in [0.3, 0.4) is 0 Å². The van der Waals surface area contributed by atoms with Crippen molar-refractivity contribution in [1.29, 1.82) is 0 Å². The van der Waals surface area contributed by atoms with Crippen molar-refractivity contribution in [3.05, 3.63) is 10.1 Å². The van der Waals surface area contributed by atoms with E-state index in [2.05, 4.69) is 10.7 Å². The number of hydrazine groups is 1. The topological polar surface area (TPSA) is 107 Å². The lowest BCUT2D eigenvalue weighted by molar-refractivity contribution is -0.400. The van der Waals surface area contributed by atoms with E-state index in [1.165, 1.54) is 5.59 Å². The second-order valence-electron chi connectivity index (χ2n) is 0.743. The molecule has 0 aromatic rings. The van der Waals surface area contributed by atoms with Crippen LogP contribution in [0.4, 0.5) is 4.79 Å². The van der Waals surface area contributed by atoms with E-state index in [1.807, 2.05) is 0 Å². The highest BCUT2D eigenvalue weighted by Gasteiger charge is 2.15. The van der Waals surface area contributed by atoms with Gasteiger partial charge in [-0.15, -0.1) is 0 Å². The number of rotatable bonds is 1. The van der Waals surface area contributed by atoms with E-state index in [0.29, 0.717) is 0 Å². The van der Waals surface area contributed by atoms with E-state index < -0.39 is 11.0 Å². The fourth-order valence-corrected chi connectivity index (χ4v) is 0.0877. The second kappa shape index (κ2) is 2.88. The molecule has 0 atom stereocenters. The van der Waals surface area contributed by atoms with Crippen LogP contribution < -0.4 is 11.4 Å². The Labute approximate surface area is 43.5 Å². The van der Waals surface area contributed by atoms with E-state index in [0.717, 1.165) is 0 Å². The summed E-state index contributed by atoms with van der Waals surface area (Å²) in [5.74, 6) is 4.37. The summed E-state index contributed by atoms with van der Waals surface area (Å²) in [7, 11) is 0. The summed E-state index contributed by atoms with van der Waals surface area (Å²) >= 11 is 0. The van der Waals surface area contributed by atoms with Gasteiger partial charge in [0.05, 0.1) is 0 Å². The molecule has 0 heterocycles. The van der Waals surface area contributed by atoms with E-state index in [9.17, 15) is 14.9 Å². The monoisotopic (exact) mass is 121 g/mol. The van der Waals surface area contributed by atoms with Crippen LogP contribution in [0.25, 0.3) is 0 Å². The molecule has 0 aliphatic heterocycles. The Morgan fingerprint density at radius 2 is 2.38 bits per heavy atom. The lowest BCUT2D eigenvalue weighted by atomic mass is 11.3. The maximum absolute atomic E-state index is 9.68. The van der Waals surface area contributed by atoms with Crippen LogP contribution >= 0.6 is 0 Å². The van der Waals surface area contributed by atoms with Crippen molar-refractivity contribution in [2.75, 3.05) is 0 Å². The summed E-state index contributed by atoms with van der Waals surface area (Å²) < 4.78 is 0. The van der Waals surface area contributed by atoms with Gasteiger partial charge in [-0.05, 0) is 0 Å². The smallest absolute Gasteiger partial charge is 0.296 e. The number of hydrogen-bond donors (Lipinski definition) is 2. The Balaban J connectivity index is 3.49. The molecule has 0 radical (unpaired) electrons. The molecule has 0 aromatic carbocycles. The van der Waals surface area contributed by atoms with Gasteiger partial charge in [0, 0.05) is 0 Å². The predicted octanol–water partition coefficient (Wildman–Crippen LogP) is -1.22. The minimum atomic E-state index is -1.63. The summed E-state index contributed by atoms with van der Waals surface area (Å²) in [6.45, 7) is 0. The van der Waals surface area contributed by atoms with E-state index in [1.54, 1.807) is 0 Å². The summed E-state index contributed by atoms with van der Waals surface area (Å²) in [5.41, 5.74) is 1.36. The van der Waals surface area contributed by atoms with Crippen molar-refractivity contribution in [1.82, 2.24) is 5.59 Å². The third kappa shape index (κ3) is 2.05. The molecule has 0 aliphatic carbocycles. The highest BCUT2D eigenvalue weighted by atomic mass is 16.8. The zero-order chi connectivity index (χ0) is 6.57. The fraction of sp³-hybridized carbons (Fsp3) is 0. The second-order valence-corrected chi connectivity index (χ2v) is 0.743. The van der Waals surface area contributed by atoms with Crippen LogP contribution in [0.5, 0.6) is 0 Å². The highest BCUT2D eigenvalue weighted by molar-refractivity contribution is 5.56. The first kappa shape index (κ1) is 6.79. The van der Waals surface area contributed by atoms with Crippen molar-refractivity contribution in [3.8, 4) is 0 Å². The maximum Gasteiger partial charge on any atom is 0.677 e. The molecule has 0 saturated carbocycles. The molecule has 0 saturated heterocycles. The van der Waals surface area contributed by atoms with Gasteiger partial charge in [-0.2, -0.15) is 4.79 Å². The van der Waals surface area contributed by atoms with Crippen molar-refractivity contribution in [2.24, 2.45) is 5.84 Å². The summed E-state index contributed by atoms with van der Waals surface area (Å²) in [5, 5.41) is 9.32. The van der Waals surface area contributed by atoms with Crippen LogP contribution in [-0.2, 0) is 4.84 Å². The lowest BCUT2D eigenvalue weighted by Crippen LogP contribution is -2.28. The molecule has 1 amide bonds. The Kier molecular flexibility index (Phi) is 2.45. The first-order valence-electron chi connectivity index (χ1n) is 1.49. The normalized spacial score (nSPS) is 8.12. The number of carbonyl (C=O) groups excluding carboxylic acids is 1. The SMILES string of the molecule is NNOC(=O)[N+](=O)[O-]. The Hall–Kier alpha value is -1.21. The number of amides is 1. The van der Waals surface area contributed by atoms with Gasteiger partial charge in [0.1, 0.15) is 4.92 Å². The van der Waals surface area contributed by atoms with Crippen molar-refractivity contribution >= 4 is 6.09 Å². The molecule has 46 valence electrons. The van der Waals surface area contributed by atoms with Gasteiger partial charge in [0.25, 0.3) is 0 Å². The molecule has 8 heavy (non-hydrogen) atoms. The zero-order valence-corrected chi connectivity index (χ0v) is 3.66. The lowest BCUT2D eigenvalue weighted by Gasteiger charge is -1.88. The summed E-state index contributed by atoms with van der Waals surface area (Å²) in [4.78, 5) is 21.2. The fourth-order valence-electron chi connectivity index (χ4n) is 0.0877. The standard InChI is InChI=1S/CH3N3O4/c2-3-8-1(5)4(6)7/h3H,2H2. The Morgan fingerprint density at radius 3 is 2.50 bits per heavy atom. The Bertz CT molecular complexity index is 110. The van der Waals surface area contributed by atoms with Gasteiger partial charge < -0.3 is 0 Å². The third-order valence-corrected chi connectivity index (χ3v) is 0.295. The van der Waals surface area contributed by atoms with Crippen LogP contribution in [0.1, 0.15) is 0 Å². The van der Waals surface area contributed by atoms with Gasteiger partial charge in [-0.3, -0.25) is 15.0 Å². The average molecular weight is 121 g/mol. The number of hydrogen-bond acceptors (Lipinski definition) is 6. The van der Waals surface area contributed by atoms with E-state index >= 15 is 0 Å². The number of nitrogens with two attached hydrogens (primary N) is 1. The van der Waals surface area contributed by atoms with Crippen LogP contribution in [0, 0.1) is 10.1 Å². The maximum atomic E-state index is 9.68. The van der Waals surface area contributed by atoms with Crippen molar-refractivity contribution in [3.63, 3.8) is 0 Å². The number of nitro groups is 1.